The summed E-state index contributed by atoms with van der Waals surface area (Å²) in [5.41, 5.74) is 5.31. The smallest absolute Gasteiger partial charge is 0.338 e. The molecule has 0 saturated carbocycles. The van der Waals surface area contributed by atoms with Crippen LogP contribution in [0.4, 0.5) is 0 Å². The highest BCUT2D eigenvalue weighted by molar-refractivity contribution is 7.09. The summed E-state index contributed by atoms with van der Waals surface area (Å²) in [4.78, 5) is 26.5. The maximum Gasteiger partial charge on any atom is 0.338 e. The Bertz CT molecular complexity index is 1410. The van der Waals surface area contributed by atoms with Gasteiger partial charge >= 0.3 is 10.8 Å². The topological polar surface area (TPSA) is 88.6 Å². The van der Waals surface area contributed by atoms with Crippen LogP contribution >= 0.6 is 11.3 Å². The zero-order valence-corrected chi connectivity index (χ0v) is 20.4. The molecule has 0 unspecified atom stereocenters. The van der Waals surface area contributed by atoms with E-state index in [1.165, 1.54) is 7.11 Å². The summed E-state index contributed by atoms with van der Waals surface area (Å²) in [6.45, 7) is 4.04. The lowest BCUT2D eigenvalue weighted by Crippen LogP contribution is -2.04. The zero-order valence-electron chi connectivity index (χ0n) is 19.6. The summed E-state index contributed by atoms with van der Waals surface area (Å²) in [6.07, 6.45) is 2.28. The first-order chi connectivity index (χ1) is 16.8. The second-order valence-corrected chi connectivity index (χ2v) is 9.27. The number of aromatic nitrogens is 1. The Balaban J connectivity index is 1.50. The van der Waals surface area contributed by atoms with E-state index in [9.17, 15) is 14.7 Å². The number of aromatic hydroxyl groups is 1. The number of esters is 1. The number of carbonyl (C=O) groups excluding carboxylic acids is 1. The SMILES string of the molecule is COC(=O)C(=Cc1cc(C)cc(C)c1)c1ccc(Oc2ccc(Cc3sc(=O)[nH]c3O)cc2)cc1. The average molecular weight is 488 g/mol. The van der Waals surface area contributed by atoms with Crippen molar-refractivity contribution in [2.24, 2.45) is 0 Å². The average Bonchev–Trinajstić information content (AvgIpc) is 3.14. The minimum absolute atomic E-state index is 0.0849. The minimum atomic E-state index is -0.410. The first-order valence-corrected chi connectivity index (χ1v) is 11.8. The van der Waals surface area contributed by atoms with Crippen LogP contribution in [0.5, 0.6) is 17.4 Å². The number of H-pyrrole nitrogens is 1. The number of rotatable bonds is 7. The lowest BCUT2D eigenvalue weighted by molar-refractivity contribution is -0.133. The molecule has 7 heteroatoms. The molecule has 0 fully saturated rings. The first kappa shape index (κ1) is 24.0. The lowest BCUT2D eigenvalue weighted by Gasteiger charge is -2.10. The highest BCUT2D eigenvalue weighted by Gasteiger charge is 2.13. The number of benzene rings is 3. The van der Waals surface area contributed by atoms with E-state index in [0.717, 1.165) is 39.2 Å². The number of thiazole rings is 1. The molecule has 0 saturated heterocycles. The quantitative estimate of drug-likeness (QED) is 0.194. The van der Waals surface area contributed by atoms with Gasteiger partial charge in [-0.2, -0.15) is 0 Å². The minimum Gasteiger partial charge on any atom is -0.494 e. The molecule has 4 aromatic rings. The number of nitrogens with one attached hydrogen (secondary N) is 1. The van der Waals surface area contributed by atoms with Crippen molar-refractivity contribution in [3.8, 4) is 17.4 Å². The lowest BCUT2D eigenvalue weighted by atomic mass is 10.0. The van der Waals surface area contributed by atoms with Gasteiger partial charge in [0, 0.05) is 6.42 Å². The molecule has 0 aliphatic heterocycles. The van der Waals surface area contributed by atoms with E-state index in [2.05, 4.69) is 11.1 Å². The van der Waals surface area contributed by atoms with Crippen molar-refractivity contribution in [1.82, 2.24) is 4.98 Å². The Morgan fingerprint density at radius 1 is 0.971 bits per heavy atom. The van der Waals surface area contributed by atoms with Crippen molar-refractivity contribution in [2.75, 3.05) is 7.11 Å². The molecule has 1 heterocycles. The third kappa shape index (κ3) is 6.07. The van der Waals surface area contributed by atoms with Crippen molar-refractivity contribution >= 4 is 29.0 Å². The van der Waals surface area contributed by atoms with E-state index in [1.807, 2.05) is 68.5 Å². The molecule has 0 radical (unpaired) electrons. The summed E-state index contributed by atoms with van der Waals surface area (Å²) < 4.78 is 11.0. The number of aryl methyl sites for hydroxylation is 2. The molecular formula is C28H25NO5S. The number of ether oxygens (including phenoxy) is 2. The Kier molecular flexibility index (Phi) is 7.17. The van der Waals surface area contributed by atoms with Crippen LogP contribution in [0.15, 0.2) is 71.5 Å². The van der Waals surface area contributed by atoms with Gasteiger partial charge in [-0.15, -0.1) is 0 Å². The second-order valence-electron chi connectivity index (χ2n) is 8.20. The van der Waals surface area contributed by atoms with Gasteiger partial charge in [0.1, 0.15) is 11.5 Å². The fourth-order valence-electron chi connectivity index (χ4n) is 3.80. The third-order valence-electron chi connectivity index (χ3n) is 5.35. The number of aromatic amines is 1. The summed E-state index contributed by atoms with van der Waals surface area (Å²) in [5.74, 6) is 0.774. The maximum absolute atomic E-state index is 12.5. The molecule has 0 aliphatic rings. The third-order valence-corrected chi connectivity index (χ3v) is 6.22. The summed E-state index contributed by atoms with van der Waals surface area (Å²) in [6, 6.07) is 20.8. The molecule has 0 amide bonds. The van der Waals surface area contributed by atoms with Gasteiger partial charge < -0.3 is 14.6 Å². The fourth-order valence-corrected chi connectivity index (χ4v) is 4.56. The maximum atomic E-state index is 12.5. The largest absolute Gasteiger partial charge is 0.494 e. The molecule has 0 bridgehead atoms. The van der Waals surface area contributed by atoms with Gasteiger partial charge in [-0.25, -0.2) is 4.79 Å². The molecule has 6 nitrogen and oxygen atoms in total. The van der Waals surface area contributed by atoms with Crippen LogP contribution in [-0.4, -0.2) is 23.2 Å². The summed E-state index contributed by atoms with van der Waals surface area (Å²) in [7, 11) is 1.37. The van der Waals surface area contributed by atoms with Crippen LogP contribution in [0, 0.1) is 13.8 Å². The molecule has 35 heavy (non-hydrogen) atoms. The van der Waals surface area contributed by atoms with Crippen LogP contribution in [0.1, 0.15) is 32.7 Å². The predicted octanol–water partition coefficient (Wildman–Crippen LogP) is 5.86. The first-order valence-electron chi connectivity index (χ1n) is 11.0. The normalized spacial score (nSPS) is 11.3. The molecule has 1 aromatic heterocycles. The highest BCUT2D eigenvalue weighted by Crippen LogP contribution is 2.27. The van der Waals surface area contributed by atoms with Crippen molar-refractivity contribution < 1.29 is 19.4 Å². The number of carbonyl (C=O) groups is 1. The standard InChI is InChI=1S/C28H25NO5S/c1-17-12-18(2)14-20(13-17)15-24(27(31)33-3)21-6-10-23(11-7-21)34-22-8-4-19(5-9-22)16-25-26(30)29-28(32)35-25/h4-15,30H,16H2,1-3H3,(H,29,32). The summed E-state index contributed by atoms with van der Waals surface area (Å²) >= 11 is 0.995. The number of methoxy groups -OCH3 is 1. The van der Waals surface area contributed by atoms with E-state index in [4.69, 9.17) is 9.47 Å². The highest BCUT2D eigenvalue weighted by atomic mass is 32.1. The van der Waals surface area contributed by atoms with Crippen LogP contribution in [0.3, 0.4) is 0 Å². The molecule has 0 atom stereocenters. The van der Waals surface area contributed by atoms with Gasteiger partial charge in [-0.05, 0) is 60.9 Å². The Hall–Kier alpha value is -4.10. The molecule has 178 valence electrons. The number of hydrogen-bond acceptors (Lipinski definition) is 6. The van der Waals surface area contributed by atoms with Crippen molar-refractivity contribution in [3.63, 3.8) is 0 Å². The molecular weight excluding hydrogens is 462 g/mol. The van der Waals surface area contributed by atoms with Crippen molar-refractivity contribution in [3.05, 3.63) is 109 Å². The van der Waals surface area contributed by atoms with Gasteiger partial charge in [0.25, 0.3) is 0 Å². The van der Waals surface area contributed by atoms with E-state index in [-0.39, 0.29) is 10.8 Å². The van der Waals surface area contributed by atoms with Crippen LogP contribution < -0.4 is 9.61 Å². The van der Waals surface area contributed by atoms with E-state index < -0.39 is 5.97 Å². The van der Waals surface area contributed by atoms with E-state index >= 15 is 0 Å². The van der Waals surface area contributed by atoms with Gasteiger partial charge in [-0.3, -0.25) is 9.78 Å². The van der Waals surface area contributed by atoms with Crippen LogP contribution in [0.25, 0.3) is 11.6 Å². The summed E-state index contributed by atoms with van der Waals surface area (Å²) in [5, 5.41) is 9.76. The fraction of sp³-hybridized carbons (Fsp3) is 0.143. The van der Waals surface area contributed by atoms with E-state index in [0.29, 0.717) is 28.4 Å². The molecule has 0 aliphatic carbocycles. The monoisotopic (exact) mass is 487 g/mol. The Morgan fingerprint density at radius 3 is 2.11 bits per heavy atom. The number of hydrogen-bond donors (Lipinski definition) is 2. The van der Waals surface area contributed by atoms with Crippen LogP contribution in [-0.2, 0) is 16.0 Å². The Morgan fingerprint density at radius 2 is 1.57 bits per heavy atom. The molecule has 2 N–H and O–H groups in total. The van der Waals surface area contributed by atoms with E-state index in [1.54, 1.807) is 12.1 Å². The van der Waals surface area contributed by atoms with Crippen molar-refractivity contribution in [2.45, 2.75) is 20.3 Å². The molecule has 4 rings (SSSR count). The molecule has 0 spiro atoms. The van der Waals surface area contributed by atoms with Crippen LogP contribution in [0.2, 0.25) is 0 Å². The predicted molar refractivity (Wildman–Crippen MR) is 138 cm³/mol. The second kappa shape index (κ2) is 10.4. The zero-order chi connectivity index (χ0) is 24.9. The molecule has 3 aromatic carbocycles. The van der Waals surface area contributed by atoms with Gasteiger partial charge in [0.15, 0.2) is 0 Å². The Labute approximate surface area is 207 Å². The van der Waals surface area contributed by atoms with Gasteiger partial charge in [0.05, 0.1) is 17.6 Å². The van der Waals surface area contributed by atoms with Crippen molar-refractivity contribution in [1.29, 1.82) is 0 Å². The van der Waals surface area contributed by atoms with Gasteiger partial charge in [0.2, 0.25) is 5.88 Å². The van der Waals surface area contributed by atoms with Gasteiger partial charge in [-0.1, -0.05) is 64.9 Å².